The minimum absolute atomic E-state index is 0.124. The maximum absolute atomic E-state index is 12.1. The van der Waals surface area contributed by atoms with Crippen molar-refractivity contribution in [2.45, 2.75) is 0 Å². The van der Waals surface area contributed by atoms with Crippen LogP contribution in [0.4, 0.5) is 0 Å². The first-order chi connectivity index (χ1) is 11.6. The zero-order chi connectivity index (χ0) is 17.1. The number of hydrogen-bond donors (Lipinski definition) is 0. The molecule has 0 spiro atoms. The van der Waals surface area contributed by atoms with Crippen LogP contribution in [-0.2, 0) is 4.74 Å². The van der Waals surface area contributed by atoms with E-state index in [2.05, 4.69) is 15.9 Å². The van der Waals surface area contributed by atoms with Crippen molar-refractivity contribution in [3.05, 3.63) is 52.0 Å². The number of benzene rings is 2. The van der Waals surface area contributed by atoms with Crippen molar-refractivity contribution in [1.82, 2.24) is 0 Å². The molecule has 0 radical (unpaired) electrons. The number of rotatable bonds is 5. The second kappa shape index (κ2) is 6.92. The van der Waals surface area contributed by atoms with Gasteiger partial charge in [0.2, 0.25) is 6.79 Å². The van der Waals surface area contributed by atoms with Crippen LogP contribution in [0.15, 0.2) is 40.9 Å². The first-order valence-electron chi connectivity index (χ1n) is 7.02. The van der Waals surface area contributed by atoms with Crippen molar-refractivity contribution < 1.29 is 28.5 Å². The first-order valence-corrected chi connectivity index (χ1v) is 7.81. The highest BCUT2D eigenvalue weighted by molar-refractivity contribution is 9.10. The van der Waals surface area contributed by atoms with Gasteiger partial charge >= 0.3 is 5.97 Å². The molecule has 0 N–H and O–H groups in total. The van der Waals surface area contributed by atoms with Crippen molar-refractivity contribution in [2.24, 2.45) is 0 Å². The zero-order valence-corrected chi connectivity index (χ0v) is 14.3. The van der Waals surface area contributed by atoms with Gasteiger partial charge in [0.05, 0.1) is 17.1 Å². The molecule has 0 atom stereocenters. The Balaban J connectivity index is 1.63. The molecule has 1 heterocycles. The summed E-state index contributed by atoms with van der Waals surface area (Å²) in [6, 6.07) is 9.61. The maximum atomic E-state index is 12.1. The fourth-order valence-electron chi connectivity index (χ4n) is 2.16. The third kappa shape index (κ3) is 3.35. The van der Waals surface area contributed by atoms with Crippen molar-refractivity contribution >= 4 is 27.7 Å². The molecule has 0 unspecified atom stereocenters. The third-order valence-electron chi connectivity index (χ3n) is 3.42. The van der Waals surface area contributed by atoms with Crippen LogP contribution in [0.3, 0.4) is 0 Å². The summed E-state index contributed by atoms with van der Waals surface area (Å²) in [5.41, 5.74) is 0.712. The Morgan fingerprint density at radius 3 is 2.58 bits per heavy atom. The molecular weight excluding hydrogens is 380 g/mol. The number of ketones is 1. The molecule has 1 aliphatic heterocycles. The summed E-state index contributed by atoms with van der Waals surface area (Å²) < 4.78 is 21.2. The Morgan fingerprint density at radius 2 is 1.83 bits per heavy atom. The number of ether oxygens (including phenoxy) is 4. The van der Waals surface area contributed by atoms with E-state index in [4.69, 9.17) is 18.9 Å². The molecule has 0 fully saturated rings. The fraction of sp³-hybridized carbons (Fsp3) is 0.176. The fourth-order valence-corrected chi connectivity index (χ4v) is 2.70. The quantitative estimate of drug-likeness (QED) is 0.574. The molecule has 124 valence electrons. The second-order valence-electron chi connectivity index (χ2n) is 4.92. The van der Waals surface area contributed by atoms with E-state index < -0.39 is 5.97 Å². The standard InChI is InChI=1S/C17H13BrO6/c1-21-14-4-2-10(6-12(14)18)13(19)8-22-17(20)11-3-5-15-16(7-11)24-9-23-15/h2-7H,8-9H2,1H3. The lowest BCUT2D eigenvalue weighted by molar-refractivity contribution is 0.0474. The topological polar surface area (TPSA) is 71.1 Å². The second-order valence-corrected chi connectivity index (χ2v) is 5.77. The minimum atomic E-state index is -0.603. The number of fused-ring (bicyclic) bond motifs is 1. The lowest BCUT2D eigenvalue weighted by Gasteiger charge is -2.07. The van der Waals surface area contributed by atoms with Crippen molar-refractivity contribution in [3.8, 4) is 17.2 Å². The molecule has 1 aliphatic rings. The number of Topliss-reactive ketones (excluding diaryl/α,β-unsaturated/α-hetero) is 1. The van der Waals surface area contributed by atoms with Gasteiger partial charge in [-0.1, -0.05) is 0 Å². The van der Waals surface area contributed by atoms with Gasteiger partial charge in [-0.15, -0.1) is 0 Å². The number of halogens is 1. The molecule has 0 saturated carbocycles. The number of methoxy groups -OCH3 is 1. The minimum Gasteiger partial charge on any atom is -0.496 e. The highest BCUT2D eigenvalue weighted by Crippen LogP contribution is 2.32. The lowest BCUT2D eigenvalue weighted by Crippen LogP contribution is -2.14. The van der Waals surface area contributed by atoms with Crippen LogP contribution >= 0.6 is 15.9 Å². The van der Waals surface area contributed by atoms with E-state index >= 15 is 0 Å². The first kappa shape index (κ1) is 16.3. The smallest absolute Gasteiger partial charge is 0.338 e. The van der Waals surface area contributed by atoms with E-state index in [0.717, 1.165) is 0 Å². The van der Waals surface area contributed by atoms with E-state index in [0.29, 0.717) is 32.8 Å². The van der Waals surface area contributed by atoms with Gasteiger partial charge in [-0.05, 0) is 52.3 Å². The highest BCUT2D eigenvalue weighted by Gasteiger charge is 2.18. The number of carbonyl (C=O) groups is 2. The Hall–Kier alpha value is -2.54. The summed E-state index contributed by atoms with van der Waals surface area (Å²) in [4.78, 5) is 24.2. The van der Waals surface area contributed by atoms with Crippen LogP contribution < -0.4 is 14.2 Å². The summed E-state index contributed by atoms with van der Waals surface area (Å²) >= 11 is 3.31. The van der Waals surface area contributed by atoms with Crippen LogP contribution in [0.1, 0.15) is 20.7 Å². The monoisotopic (exact) mass is 392 g/mol. The molecular formula is C17H13BrO6. The summed E-state index contributed by atoms with van der Waals surface area (Å²) in [6.45, 7) is -0.231. The Morgan fingerprint density at radius 1 is 1.08 bits per heavy atom. The molecule has 0 saturated heterocycles. The van der Waals surface area contributed by atoms with Gasteiger partial charge in [0, 0.05) is 5.56 Å². The largest absolute Gasteiger partial charge is 0.496 e. The Kier molecular flexibility index (Phi) is 4.71. The van der Waals surface area contributed by atoms with E-state index in [1.54, 1.807) is 30.3 Å². The number of carbonyl (C=O) groups excluding carboxylic acids is 2. The van der Waals surface area contributed by atoms with Crippen molar-refractivity contribution in [1.29, 1.82) is 0 Å². The molecule has 6 nitrogen and oxygen atoms in total. The molecule has 0 bridgehead atoms. The molecule has 0 aliphatic carbocycles. The molecule has 2 aromatic rings. The van der Waals surface area contributed by atoms with Crippen LogP contribution in [0.25, 0.3) is 0 Å². The SMILES string of the molecule is COc1ccc(C(=O)COC(=O)c2ccc3c(c2)OCO3)cc1Br. The molecule has 0 amide bonds. The normalized spacial score (nSPS) is 11.9. The highest BCUT2D eigenvalue weighted by atomic mass is 79.9. The maximum Gasteiger partial charge on any atom is 0.338 e. The van der Waals surface area contributed by atoms with Crippen molar-refractivity contribution in [3.63, 3.8) is 0 Å². The van der Waals surface area contributed by atoms with Crippen LogP contribution in [0.5, 0.6) is 17.2 Å². The Bertz CT molecular complexity index is 802. The molecule has 3 rings (SSSR count). The van der Waals surface area contributed by atoms with Gasteiger partial charge < -0.3 is 18.9 Å². The van der Waals surface area contributed by atoms with Crippen LogP contribution in [-0.4, -0.2) is 32.3 Å². The zero-order valence-electron chi connectivity index (χ0n) is 12.7. The average Bonchev–Trinajstić information content (AvgIpc) is 3.06. The molecule has 24 heavy (non-hydrogen) atoms. The molecule has 2 aromatic carbocycles. The molecule has 0 aromatic heterocycles. The Labute approximate surface area is 146 Å². The van der Waals surface area contributed by atoms with E-state index in [1.165, 1.54) is 13.2 Å². The summed E-state index contributed by atoms with van der Waals surface area (Å²) in [5, 5.41) is 0. The van der Waals surface area contributed by atoms with Gasteiger partial charge in [-0.25, -0.2) is 4.79 Å². The van der Waals surface area contributed by atoms with Crippen LogP contribution in [0, 0.1) is 0 Å². The van der Waals surface area contributed by atoms with Gasteiger partial charge in [-0.2, -0.15) is 0 Å². The predicted molar refractivity (Wildman–Crippen MR) is 87.9 cm³/mol. The van der Waals surface area contributed by atoms with Gasteiger partial charge in [0.25, 0.3) is 0 Å². The average molecular weight is 393 g/mol. The van der Waals surface area contributed by atoms with Gasteiger partial charge in [-0.3, -0.25) is 4.79 Å². The number of esters is 1. The van der Waals surface area contributed by atoms with E-state index in [-0.39, 0.29) is 19.2 Å². The summed E-state index contributed by atoms with van der Waals surface area (Å²) in [5.74, 6) is 0.756. The van der Waals surface area contributed by atoms with E-state index in [9.17, 15) is 9.59 Å². The number of hydrogen-bond acceptors (Lipinski definition) is 6. The predicted octanol–water partition coefficient (Wildman–Crippen LogP) is 3.23. The summed E-state index contributed by atoms with van der Waals surface area (Å²) in [6.07, 6.45) is 0. The third-order valence-corrected chi connectivity index (χ3v) is 4.04. The van der Waals surface area contributed by atoms with Crippen molar-refractivity contribution in [2.75, 3.05) is 20.5 Å². The van der Waals surface area contributed by atoms with E-state index in [1.807, 2.05) is 0 Å². The molecule has 7 heteroatoms. The van der Waals surface area contributed by atoms with Gasteiger partial charge in [0.1, 0.15) is 5.75 Å². The van der Waals surface area contributed by atoms with Gasteiger partial charge in [0.15, 0.2) is 23.9 Å². The lowest BCUT2D eigenvalue weighted by atomic mass is 10.1. The summed E-state index contributed by atoms with van der Waals surface area (Å²) in [7, 11) is 1.54. The van der Waals surface area contributed by atoms with Crippen LogP contribution in [0.2, 0.25) is 0 Å².